The molecule has 18 heavy (non-hydrogen) atoms. The van der Waals surface area contributed by atoms with Crippen LogP contribution in [-0.2, 0) is 4.79 Å². The van der Waals surface area contributed by atoms with E-state index in [1.807, 2.05) is 13.0 Å². The predicted molar refractivity (Wildman–Crippen MR) is 68.5 cm³/mol. The summed E-state index contributed by atoms with van der Waals surface area (Å²) < 4.78 is 0. The number of hydrogen-bond donors (Lipinski definition) is 3. The maximum atomic E-state index is 11.2. The Labute approximate surface area is 104 Å². The number of nitrogens with zero attached hydrogens (tertiary/aromatic N) is 2. The molecule has 0 aliphatic rings. The Morgan fingerprint density at radius 3 is 3.11 bits per heavy atom. The van der Waals surface area contributed by atoms with Crippen LogP contribution in [0.3, 0.4) is 0 Å². The topological polar surface area (TPSA) is 90.9 Å². The van der Waals surface area contributed by atoms with Gasteiger partial charge in [-0.2, -0.15) is 0 Å². The minimum absolute atomic E-state index is 0.560. The fourth-order valence-corrected chi connectivity index (χ4v) is 1.82. The first-order valence-corrected chi connectivity index (χ1v) is 5.99. The number of carboxylic acids is 1. The van der Waals surface area contributed by atoms with Crippen LogP contribution < -0.4 is 5.32 Å². The van der Waals surface area contributed by atoms with E-state index < -0.39 is 12.0 Å². The Kier molecular flexibility index (Phi) is 3.76. The third-order valence-electron chi connectivity index (χ3n) is 2.81. The van der Waals surface area contributed by atoms with Gasteiger partial charge in [-0.05, 0) is 12.5 Å². The normalized spacial score (nSPS) is 12.5. The highest BCUT2D eigenvalue weighted by Gasteiger charge is 2.18. The molecule has 0 aliphatic heterocycles. The molecule has 0 saturated heterocycles. The van der Waals surface area contributed by atoms with E-state index in [2.05, 4.69) is 20.3 Å². The van der Waals surface area contributed by atoms with Crippen molar-refractivity contribution in [3.63, 3.8) is 0 Å². The average Bonchev–Trinajstić information content (AvgIpc) is 2.83. The lowest BCUT2D eigenvalue weighted by molar-refractivity contribution is -0.138. The molecule has 0 aliphatic carbocycles. The molecule has 0 amide bonds. The molecule has 0 fully saturated rings. The summed E-state index contributed by atoms with van der Waals surface area (Å²) in [6.07, 6.45) is 5.59. The predicted octanol–water partition coefficient (Wildman–Crippen LogP) is 2.01. The Morgan fingerprint density at radius 1 is 1.56 bits per heavy atom. The number of H-pyrrole nitrogens is 1. The molecule has 1 atom stereocenters. The van der Waals surface area contributed by atoms with Crippen molar-refractivity contribution in [2.45, 2.75) is 32.2 Å². The van der Waals surface area contributed by atoms with E-state index >= 15 is 0 Å². The number of aromatic amines is 1. The van der Waals surface area contributed by atoms with Gasteiger partial charge in [0.15, 0.2) is 0 Å². The van der Waals surface area contributed by atoms with Gasteiger partial charge < -0.3 is 15.4 Å². The molecule has 2 aromatic heterocycles. The molecule has 0 radical (unpaired) electrons. The second kappa shape index (κ2) is 5.48. The molecule has 0 spiro atoms. The first-order chi connectivity index (χ1) is 8.72. The summed E-state index contributed by atoms with van der Waals surface area (Å²) in [5, 5.41) is 12.9. The standard InChI is InChI=1S/C12H16N4O2/c1-2-3-4-9(12(17)18)16-11-8-5-6-13-10(8)14-7-15-11/h5-7,9H,2-4H2,1H3,(H,17,18)(H2,13,14,15,16)/t9-/m0/s1. The van der Waals surface area contributed by atoms with E-state index in [1.165, 1.54) is 6.33 Å². The lowest BCUT2D eigenvalue weighted by Gasteiger charge is -2.14. The Bertz CT molecular complexity index is 538. The van der Waals surface area contributed by atoms with Crippen molar-refractivity contribution in [3.8, 4) is 0 Å². The van der Waals surface area contributed by atoms with E-state index in [4.69, 9.17) is 0 Å². The first kappa shape index (κ1) is 12.3. The molecular formula is C12H16N4O2. The Balaban J connectivity index is 2.20. The number of unbranched alkanes of at least 4 members (excludes halogenated alkanes) is 1. The summed E-state index contributed by atoms with van der Waals surface area (Å²) in [4.78, 5) is 22.3. The number of fused-ring (bicyclic) bond motifs is 1. The maximum absolute atomic E-state index is 11.2. The van der Waals surface area contributed by atoms with Crippen LogP contribution in [0.1, 0.15) is 26.2 Å². The van der Waals surface area contributed by atoms with Crippen LogP contribution in [0.4, 0.5) is 5.82 Å². The number of rotatable bonds is 6. The third kappa shape index (κ3) is 2.58. The maximum Gasteiger partial charge on any atom is 0.326 e. The van der Waals surface area contributed by atoms with Crippen molar-refractivity contribution < 1.29 is 9.90 Å². The molecular weight excluding hydrogens is 232 g/mol. The van der Waals surface area contributed by atoms with Gasteiger partial charge in [0.1, 0.15) is 23.8 Å². The van der Waals surface area contributed by atoms with Gasteiger partial charge in [0.2, 0.25) is 0 Å². The van der Waals surface area contributed by atoms with Crippen LogP contribution >= 0.6 is 0 Å². The van der Waals surface area contributed by atoms with Crippen LogP contribution in [0.25, 0.3) is 11.0 Å². The summed E-state index contributed by atoms with van der Waals surface area (Å²) in [5.74, 6) is -0.296. The van der Waals surface area contributed by atoms with Crippen LogP contribution in [-0.4, -0.2) is 32.1 Å². The van der Waals surface area contributed by atoms with Crippen LogP contribution in [0.15, 0.2) is 18.6 Å². The summed E-state index contributed by atoms with van der Waals surface area (Å²) >= 11 is 0. The van der Waals surface area contributed by atoms with Crippen LogP contribution in [0.2, 0.25) is 0 Å². The molecule has 6 nitrogen and oxygen atoms in total. The van der Waals surface area contributed by atoms with E-state index in [9.17, 15) is 9.90 Å². The number of nitrogens with one attached hydrogen (secondary N) is 2. The molecule has 0 aromatic carbocycles. The molecule has 96 valence electrons. The summed E-state index contributed by atoms with van der Waals surface area (Å²) in [5.41, 5.74) is 0.701. The van der Waals surface area contributed by atoms with E-state index in [0.29, 0.717) is 17.9 Å². The summed E-state index contributed by atoms with van der Waals surface area (Å²) in [7, 11) is 0. The van der Waals surface area contributed by atoms with Crippen molar-refractivity contribution in [3.05, 3.63) is 18.6 Å². The molecule has 2 rings (SSSR count). The highest BCUT2D eigenvalue weighted by molar-refractivity contribution is 5.88. The first-order valence-electron chi connectivity index (χ1n) is 5.99. The van der Waals surface area contributed by atoms with Gasteiger partial charge in [0, 0.05) is 6.20 Å². The quantitative estimate of drug-likeness (QED) is 0.727. The molecule has 0 saturated carbocycles. The average molecular weight is 248 g/mol. The number of hydrogen-bond acceptors (Lipinski definition) is 4. The molecule has 0 unspecified atom stereocenters. The monoisotopic (exact) mass is 248 g/mol. The minimum Gasteiger partial charge on any atom is -0.480 e. The van der Waals surface area contributed by atoms with E-state index in [-0.39, 0.29) is 0 Å². The van der Waals surface area contributed by atoms with Crippen molar-refractivity contribution in [2.75, 3.05) is 5.32 Å². The lowest BCUT2D eigenvalue weighted by Crippen LogP contribution is -2.29. The van der Waals surface area contributed by atoms with Gasteiger partial charge in [0.05, 0.1) is 5.39 Å². The van der Waals surface area contributed by atoms with Crippen LogP contribution in [0.5, 0.6) is 0 Å². The molecule has 3 N–H and O–H groups in total. The van der Waals surface area contributed by atoms with Gasteiger partial charge in [-0.1, -0.05) is 19.8 Å². The Hall–Kier alpha value is -2.11. The smallest absolute Gasteiger partial charge is 0.326 e. The van der Waals surface area contributed by atoms with Gasteiger partial charge in [0.25, 0.3) is 0 Å². The number of carbonyl (C=O) groups is 1. The fraction of sp³-hybridized carbons (Fsp3) is 0.417. The third-order valence-corrected chi connectivity index (χ3v) is 2.81. The number of carboxylic acid groups (broad SMARTS) is 1. The van der Waals surface area contributed by atoms with Crippen molar-refractivity contribution in [1.29, 1.82) is 0 Å². The Morgan fingerprint density at radius 2 is 2.39 bits per heavy atom. The van der Waals surface area contributed by atoms with Crippen molar-refractivity contribution >= 4 is 22.8 Å². The van der Waals surface area contributed by atoms with E-state index in [1.54, 1.807) is 6.20 Å². The zero-order valence-electron chi connectivity index (χ0n) is 10.2. The SMILES string of the molecule is CCCC[C@H](Nc1ncnc2[nH]ccc12)C(=O)O. The molecule has 2 heterocycles. The lowest BCUT2D eigenvalue weighted by atomic mass is 10.1. The second-order valence-electron chi connectivity index (χ2n) is 4.14. The fourth-order valence-electron chi connectivity index (χ4n) is 1.82. The van der Waals surface area contributed by atoms with Gasteiger partial charge >= 0.3 is 5.97 Å². The number of aliphatic carboxylic acids is 1. The number of aromatic nitrogens is 3. The zero-order valence-corrected chi connectivity index (χ0v) is 10.2. The van der Waals surface area contributed by atoms with E-state index in [0.717, 1.165) is 18.2 Å². The molecule has 6 heteroatoms. The molecule has 2 aromatic rings. The van der Waals surface area contributed by atoms with Crippen molar-refractivity contribution in [2.24, 2.45) is 0 Å². The minimum atomic E-state index is -0.856. The highest BCUT2D eigenvalue weighted by Crippen LogP contribution is 2.19. The van der Waals surface area contributed by atoms with Gasteiger partial charge in [-0.3, -0.25) is 0 Å². The largest absolute Gasteiger partial charge is 0.480 e. The van der Waals surface area contributed by atoms with Crippen molar-refractivity contribution in [1.82, 2.24) is 15.0 Å². The van der Waals surface area contributed by atoms with Gasteiger partial charge in [-0.15, -0.1) is 0 Å². The zero-order chi connectivity index (χ0) is 13.0. The highest BCUT2D eigenvalue weighted by atomic mass is 16.4. The summed E-state index contributed by atoms with van der Waals surface area (Å²) in [6, 6.07) is 1.22. The molecule has 0 bridgehead atoms. The van der Waals surface area contributed by atoms with Gasteiger partial charge in [-0.25, -0.2) is 14.8 Å². The summed E-state index contributed by atoms with van der Waals surface area (Å²) in [6.45, 7) is 2.04. The number of anilines is 1. The second-order valence-corrected chi connectivity index (χ2v) is 4.14. The van der Waals surface area contributed by atoms with Crippen LogP contribution in [0, 0.1) is 0 Å².